The maximum atomic E-state index is 11.9. The Balaban J connectivity index is 1.87. The quantitative estimate of drug-likeness (QED) is 0.131. The Labute approximate surface area is 180 Å². The highest BCUT2D eigenvalue weighted by atomic mass is 32.2. The molecule has 1 aromatic carbocycles. The van der Waals surface area contributed by atoms with Crippen LogP contribution in [0.1, 0.15) is 102 Å². The smallest absolute Gasteiger partial charge is 0.270 e. The summed E-state index contributed by atoms with van der Waals surface area (Å²) in [6, 6.07) is 9.19. The Morgan fingerprint density at radius 1 is 0.724 bits per heavy atom. The molecule has 0 unspecified atom stereocenters. The van der Waals surface area contributed by atoms with Crippen LogP contribution in [0.5, 0.6) is 0 Å². The first-order valence-corrected chi connectivity index (χ1v) is 13.3. The Morgan fingerprint density at radius 2 is 1.24 bits per heavy atom. The lowest BCUT2D eigenvalue weighted by Crippen LogP contribution is -2.09. The molecule has 0 heterocycles. The summed E-state index contributed by atoms with van der Waals surface area (Å²) in [7, 11) is -3.46. The van der Waals surface area contributed by atoms with Gasteiger partial charge in [0.15, 0.2) is 0 Å². The number of hydrogen-bond acceptors (Lipinski definition) is 3. The van der Waals surface area contributed by atoms with E-state index in [1.807, 2.05) is 30.3 Å². The van der Waals surface area contributed by atoms with Gasteiger partial charge in [-0.1, -0.05) is 107 Å². The van der Waals surface area contributed by atoms with Crippen molar-refractivity contribution in [2.24, 2.45) is 0 Å². The summed E-state index contributed by atoms with van der Waals surface area (Å²) in [5, 5.41) is 0. The van der Waals surface area contributed by atoms with Crippen LogP contribution in [0.4, 0.5) is 0 Å². The fourth-order valence-electron chi connectivity index (χ4n) is 3.36. The van der Waals surface area contributed by atoms with E-state index in [9.17, 15) is 8.42 Å². The van der Waals surface area contributed by atoms with Gasteiger partial charge < -0.3 is 0 Å². The molecule has 0 amide bonds. The van der Waals surface area contributed by atoms with Crippen LogP contribution in [0.2, 0.25) is 0 Å². The maximum Gasteiger partial charge on any atom is 0.271 e. The molecular formula is C25H42O3S. The third-order valence-corrected chi connectivity index (χ3v) is 6.32. The van der Waals surface area contributed by atoms with Gasteiger partial charge in [0.25, 0.3) is 10.1 Å². The summed E-state index contributed by atoms with van der Waals surface area (Å²) in [6.07, 6.45) is 22.1. The summed E-state index contributed by atoms with van der Waals surface area (Å²) in [6.45, 7) is 2.56. The first kappa shape index (κ1) is 25.9. The van der Waals surface area contributed by atoms with Gasteiger partial charge in [-0.25, -0.2) is 0 Å². The van der Waals surface area contributed by atoms with E-state index in [0.29, 0.717) is 6.61 Å². The van der Waals surface area contributed by atoms with Gasteiger partial charge in [0, 0.05) is 0 Å². The number of allylic oxidation sites excluding steroid dienone is 2. The van der Waals surface area contributed by atoms with Gasteiger partial charge in [-0.2, -0.15) is 8.42 Å². The minimum absolute atomic E-state index is 0.0415. The molecule has 166 valence electrons. The molecule has 3 nitrogen and oxygen atoms in total. The molecule has 0 saturated carbocycles. The molecule has 1 rings (SSSR count). The van der Waals surface area contributed by atoms with Crippen LogP contribution in [-0.2, 0) is 20.1 Å². The molecular weight excluding hydrogens is 380 g/mol. The largest absolute Gasteiger partial charge is 0.271 e. The van der Waals surface area contributed by atoms with E-state index >= 15 is 0 Å². The van der Waals surface area contributed by atoms with E-state index in [1.54, 1.807) is 0 Å². The number of unbranched alkanes of at least 4 members (excludes halogenated alkanes) is 12. The van der Waals surface area contributed by atoms with E-state index in [0.717, 1.165) is 24.8 Å². The number of rotatable bonds is 19. The topological polar surface area (TPSA) is 43.4 Å². The SMILES string of the molecule is CCCCCCCC/C=C\CCCCCCCCOS(=O)(=O)Cc1ccccc1. The molecule has 0 aliphatic carbocycles. The lowest BCUT2D eigenvalue weighted by molar-refractivity contribution is 0.305. The molecule has 29 heavy (non-hydrogen) atoms. The van der Waals surface area contributed by atoms with E-state index in [2.05, 4.69) is 19.1 Å². The van der Waals surface area contributed by atoms with Crippen LogP contribution in [-0.4, -0.2) is 15.0 Å². The molecule has 0 aliphatic heterocycles. The zero-order valence-corrected chi connectivity index (χ0v) is 19.3. The molecule has 0 radical (unpaired) electrons. The second kappa shape index (κ2) is 17.7. The molecule has 0 bridgehead atoms. The van der Waals surface area contributed by atoms with Crippen LogP contribution >= 0.6 is 0 Å². The van der Waals surface area contributed by atoms with Crippen molar-refractivity contribution in [2.45, 2.75) is 103 Å². The molecule has 0 atom stereocenters. The minimum atomic E-state index is -3.46. The van der Waals surface area contributed by atoms with Crippen LogP contribution in [0.15, 0.2) is 42.5 Å². The second-order valence-corrected chi connectivity index (χ2v) is 9.59. The van der Waals surface area contributed by atoms with Crippen molar-refractivity contribution in [1.29, 1.82) is 0 Å². The normalized spacial score (nSPS) is 12.0. The highest BCUT2D eigenvalue weighted by Crippen LogP contribution is 2.11. The van der Waals surface area contributed by atoms with Crippen molar-refractivity contribution in [3.8, 4) is 0 Å². The van der Waals surface area contributed by atoms with Gasteiger partial charge >= 0.3 is 0 Å². The summed E-state index contributed by atoms with van der Waals surface area (Å²) in [4.78, 5) is 0. The molecule has 0 spiro atoms. The van der Waals surface area contributed by atoms with E-state index in [-0.39, 0.29) is 5.75 Å². The average molecular weight is 423 g/mol. The Kier molecular flexibility index (Phi) is 15.8. The maximum absolute atomic E-state index is 11.9. The lowest BCUT2D eigenvalue weighted by Gasteiger charge is -2.06. The molecule has 0 fully saturated rings. The third-order valence-electron chi connectivity index (χ3n) is 5.11. The lowest BCUT2D eigenvalue weighted by atomic mass is 10.1. The standard InChI is InChI=1S/C25H42O3S/c1-2-3-4-5-6-7-8-9-10-11-12-13-14-15-16-20-23-28-29(26,27)24-25-21-18-17-19-22-25/h9-10,17-19,21-22H,2-8,11-16,20,23-24H2,1H3/b10-9-. The van der Waals surface area contributed by atoms with Crippen LogP contribution < -0.4 is 0 Å². The van der Waals surface area contributed by atoms with Gasteiger partial charge in [0.05, 0.1) is 6.61 Å². The van der Waals surface area contributed by atoms with Crippen LogP contribution in [0, 0.1) is 0 Å². The van der Waals surface area contributed by atoms with Crippen molar-refractivity contribution in [1.82, 2.24) is 0 Å². The Bertz CT molecular complexity index is 608. The highest BCUT2D eigenvalue weighted by Gasteiger charge is 2.11. The van der Waals surface area contributed by atoms with Crippen molar-refractivity contribution in [3.63, 3.8) is 0 Å². The van der Waals surface area contributed by atoms with E-state index < -0.39 is 10.1 Å². The first-order valence-electron chi connectivity index (χ1n) is 11.7. The summed E-state index contributed by atoms with van der Waals surface area (Å²) in [5.74, 6) is -0.0415. The predicted molar refractivity (Wildman–Crippen MR) is 124 cm³/mol. The van der Waals surface area contributed by atoms with Gasteiger partial charge in [0.1, 0.15) is 5.75 Å². The van der Waals surface area contributed by atoms with Gasteiger partial charge in [-0.15, -0.1) is 0 Å². The van der Waals surface area contributed by atoms with Crippen molar-refractivity contribution >= 4 is 10.1 Å². The molecule has 4 heteroatoms. The monoisotopic (exact) mass is 422 g/mol. The fourth-order valence-corrected chi connectivity index (χ4v) is 4.41. The predicted octanol–water partition coefficient (Wildman–Crippen LogP) is 7.57. The Morgan fingerprint density at radius 3 is 1.83 bits per heavy atom. The third kappa shape index (κ3) is 16.4. The summed E-state index contributed by atoms with van der Waals surface area (Å²) >= 11 is 0. The first-order chi connectivity index (χ1) is 14.1. The fraction of sp³-hybridized carbons (Fsp3) is 0.680. The number of benzene rings is 1. The molecule has 1 aromatic rings. The molecule has 0 aromatic heterocycles. The minimum Gasteiger partial charge on any atom is -0.270 e. The van der Waals surface area contributed by atoms with Crippen molar-refractivity contribution in [2.75, 3.05) is 6.61 Å². The highest BCUT2D eigenvalue weighted by molar-refractivity contribution is 7.85. The van der Waals surface area contributed by atoms with Crippen LogP contribution in [0.3, 0.4) is 0 Å². The van der Waals surface area contributed by atoms with Gasteiger partial charge in [-0.05, 0) is 37.7 Å². The van der Waals surface area contributed by atoms with Crippen molar-refractivity contribution < 1.29 is 12.6 Å². The zero-order valence-electron chi connectivity index (χ0n) is 18.5. The average Bonchev–Trinajstić information content (AvgIpc) is 2.70. The summed E-state index contributed by atoms with van der Waals surface area (Å²) < 4.78 is 29.0. The zero-order chi connectivity index (χ0) is 21.0. The molecule has 0 aliphatic rings. The van der Waals surface area contributed by atoms with Gasteiger partial charge in [0.2, 0.25) is 0 Å². The summed E-state index contributed by atoms with van der Waals surface area (Å²) in [5.41, 5.74) is 0.772. The van der Waals surface area contributed by atoms with Crippen molar-refractivity contribution in [3.05, 3.63) is 48.0 Å². The second-order valence-electron chi connectivity index (χ2n) is 7.95. The van der Waals surface area contributed by atoms with Gasteiger partial charge in [-0.3, -0.25) is 4.18 Å². The Hall–Kier alpha value is -1.13. The number of hydrogen-bond donors (Lipinski definition) is 0. The molecule has 0 N–H and O–H groups in total. The van der Waals surface area contributed by atoms with E-state index in [4.69, 9.17) is 4.18 Å². The van der Waals surface area contributed by atoms with E-state index in [1.165, 1.54) is 70.6 Å². The van der Waals surface area contributed by atoms with Crippen LogP contribution in [0.25, 0.3) is 0 Å². The molecule has 0 saturated heterocycles.